The summed E-state index contributed by atoms with van der Waals surface area (Å²) in [6.45, 7) is 2.63. The van der Waals surface area contributed by atoms with E-state index in [1.807, 2.05) is 0 Å². The summed E-state index contributed by atoms with van der Waals surface area (Å²) in [5.41, 5.74) is 1.53. The van der Waals surface area contributed by atoms with Crippen LogP contribution in [0.15, 0.2) is 36.7 Å². The van der Waals surface area contributed by atoms with Gasteiger partial charge in [-0.05, 0) is 55.0 Å². The second-order valence-electron chi connectivity index (χ2n) is 7.88. The van der Waals surface area contributed by atoms with E-state index in [4.69, 9.17) is 0 Å². The summed E-state index contributed by atoms with van der Waals surface area (Å²) in [5.74, 6) is 0.667. The van der Waals surface area contributed by atoms with Crippen molar-refractivity contribution >= 4 is 23.5 Å². The largest absolute Gasteiger partial charge is 0.356 e. The van der Waals surface area contributed by atoms with E-state index in [9.17, 15) is 14.0 Å². The van der Waals surface area contributed by atoms with E-state index >= 15 is 0 Å². The molecule has 1 N–H and O–H groups in total. The van der Waals surface area contributed by atoms with E-state index < -0.39 is 0 Å². The SMILES string of the molecule is O=C(CCN1C(=O)CCc2cc(F)ccc21)NCC1CCCN(c2ncccn2)C1. The number of aryl methyl sites for hydroxylation is 1. The minimum absolute atomic E-state index is 0.0207. The number of nitrogens with zero attached hydrogens (tertiary/aromatic N) is 4. The Morgan fingerprint density at radius 1 is 1.23 bits per heavy atom. The van der Waals surface area contributed by atoms with Gasteiger partial charge >= 0.3 is 0 Å². The topological polar surface area (TPSA) is 78.4 Å². The molecule has 1 aromatic carbocycles. The molecule has 3 heterocycles. The first-order chi connectivity index (χ1) is 14.6. The maximum Gasteiger partial charge on any atom is 0.227 e. The molecule has 8 heteroatoms. The zero-order chi connectivity index (χ0) is 20.9. The first kappa shape index (κ1) is 20.3. The van der Waals surface area contributed by atoms with E-state index in [0.29, 0.717) is 37.5 Å². The first-order valence-electron chi connectivity index (χ1n) is 10.5. The minimum Gasteiger partial charge on any atom is -0.356 e. The predicted octanol–water partition coefficient (Wildman–Crippen LogP) is 2.32. The van der Waals surface area contributed by atoms with Gasteiger partial charge in [0.1, 0.15) is 5.82 Å². The molecule has 4 rings (SSSR count). The monoisotopic (exact) mass is 411 g/mol. The van der Waals surface area contributed by atoms with Crippen molar-refractivity contribution in [2.75, 3.05) is 36.0 Å². The first-order valence-corrected chi connectivity index (χ1v) is 10.5. The summed E-state index contributed by atoms with van der Waals surface area (Å²) in [5, 5.41) is 3.01. The highest BCUT2D eigenvalue weighted by Gasteiger charge is 2.25. The third-order valence-corrected chi connectivity index (χ3v) is 5.75. The van der Waals surface area contributed by atoms with E-state index in [-0.39, 0.29) is 24.1 Å². The van der Waals surface area contributed by atoms with E-state index in [0.717, 1.165) is 37.4 Å². The molecule has 2 aromatic rings. The van der Waals surface area contributed by atoms with Crippen LogP contribution in [-0.2, 0) is 16.0 Å². The zero-order valence-electron chi connectivity index (χ0n) is 16.9. The van der Waals surface area contributed by atoms with Gasteiger partial charge in [0.25, 0.3) is 0 Å². The van der Waals surface area contributed by atoms with Gasteiger partial charge in [0, 0.05) is 57.1 Å². The summed E-state index contributed by atoms with van der Waals surface area (Å²) < 4.78 is 13.5. The van der Waals surface area contributed by atoms with Crippen LogP contribution >= 0.6 is 0 Å². The number of nitrogens with one attached hydrogen (secondary N) is 1. The lowest BCUT2D eigenvalue weighted by molar-refractivity contribution is -0.121. The second-order valence-corrected chi connectivity index (χ2v) is 7.88. The van der Waals surface area contributed by atoms with E-state index in [1.165, 1.54) is 12.1 Å². The molecule has 1 fully saturated rings. The molecular weight excluding hydrogens is 385 g/mol. The van der Waals surface area contributed by atoms with Crippen LogP contribution in [0.3, 0.4) is 0 Å². The molecule has 2 amide bonds. The van der Waals surface area contributed by atoms with Crippen molar-refractivity contribution in [1.29, 1.82) is 0 Å². The van der Waals surface area contributed by atoms with Crippen LogP contribution in [0.5, 0.6) is 0 Å². The van der Waals surface area contributed by atoms with Crippen molar-refractivity contribution in [2.45, 2.75) is 32.1 Å². The number of carbonyl (C=O) groups excluding carboxylic acids is 2. The van der Waals surface area contributed by atoms with Crippen LogP contribution in [0.1, 0.15) is 31.2 Å². The van der Waals surface area contributed by atoms with Gasteiger partial charge in [0.15, 0.2) is 0 Å². The summed E-state index contributed by atoms with van der Waals surface area (Å²) in [7, 11) is 0. The normalized spacial score (nSPS) is 18.8. The van der Waals surface area contributed by atoms with Crippen molar-refractivity contribution in [2.24, 2.45) is 5.92 Å². The van der Waals surface area contributed by atoms with Crippen molar-refractivity contribution in [1.82, 2.24) is 15.3 Å². The summed E-state index contributed by atoms with van der Waals surface area (Å²) in [4.78, 5) is 37.1. The Balaban J connectivity index is 1.27. The highest BCUT2D eigenvalue weighted by atomic mass is 19.1. The Bertz CT molecular complexity index is 908. The molecule has 0 bridgehead atoms. The molecule has 7 nitrogen and oxygen atoms in total. The van der Waals surface area contributed by atoms with Crippen molar-refractivity contribution < 1.29 is 14.0 Å². The average molecular weight is 411 g/mol. The number of anilines is 2. The number of hydrogen-bond donors (Lipinski definition) is 1. The zero-order valence-corrected chi connectivity index (χ0v) is 16.9. The summed E-state index contributed by atoms with van der Waals surface area (Å²) >= 11 is 0. The Labute approximate surface area is 175 Å². The number of rotatable bonds is 6. The fourth-order valence-electron chi connectivity index (χ4n) is 4.20. The summed E-state index contributed by atoms with van der Waals surface area (Å²) in [6, 6.07) is 6.25. The molecule has 0 radical (unpaired) electrons. The average Bonchev–Trinajstić information content (AvgIpc) is 2.78. The molecule has 2 aliphatic rings. The predicted molar refractivity (Wildman–Crippen MR) is 112 cm³/mol. The van der Waals surface area contributed by atoms with Gasteiger partial charge in [-0.15, -0.1) is 0 Å². The molecule has 1 aromatic heterocycles. The minimum atomic E-state index is -0.303. The Morgan fingerprint density at radius 3 is 2.90 bits per heavy atom. The van der Waals surface area contributed by atoms with Gasteiger partial charge in [0.05, 0.1) is 0 Å². The maximum atomic E-state index is 13.5. The number of piperidine rings is 1. The van der Waals surface area contributed by atoms with Crippen LogP contribution in [0, 0.1) is 11.7 Å². The molecule has 0 aliphatic carbocycles. The van der Waals surface area contributed by atoms with E-state index in [1.54, 1.807) is 29.4 Å². The highest BCUT2D eigenvalue weighted by molar-refractivity contribution is 5.97. The molecule has 158 valence electrons. The molecule has 0 spiro atoms. The van der Waals surface area contributed by atoms with Crippen molar-refractivity contribution in [3.8, 4) is 0 Å². The maximum absolute atomic E-state index is 13.5. The molecular formula is C22H26FN5O2. The smallest absolute Gasteiger partial charge is 0.227 e. The van der Waals surface area contributed by atoms with Crippen molar-refractivity contribution in [3.63, 3.8) is 0 Å². The highest BCUT2D eigenvalue weighted by Crippen LogP contribution is 2.28. The lowest BCUT2D eigenvalue weighted by Crippen LogP contribution is -2.42. The molecule has 1 unspecified atom stereocenters. The van der Waals surface area contributed by atoms with Crippen LogP contribution in [0.4, 0.5) is 16.0 Å². The van der Waals surface area contributed by atoms with Crippen molar-refractivity contribution in [3.05, 3.63) is 48.0 Å². The summed E-state index contributed by atoms with van der Waals surface area (Å²) in [6.07, 6.45) is 6.67. The van der Waals surface area contributed by atoms with Crippen LogP contribution in [0.25, 0.3) is 0 Å². The lowest BCUT2D eigenvalue weighted by atomic mass is 9.98. The molecule has 1 atom stereocenters. The Hall–Kier alpha value is -3.03. The van der Waals surface area contributed by atoms with E-state index in [2.05, 4.69) is 20.2 Å². The third kappa shape index (κ3) is 4.75. The van der Waals surface area contributed by atoms with Gasteiger partial charge < -0.3 is 15.1 Å². The Kier molecular flexibility index (Phi) is 6.21. The molecule has 2 aliphatic heterocycles. The number of benzene rings is 1. The third-order valence-electron chi connectivity index (χ3n) is 5.75. The van der Waals surface area contributed by atoms with Gasteiger partial charge in [0.2, 0.25) is 17.8 Å². The van der Waals surface area contributed by atoms with Gasteiger partial charge in [-0.1, -0.05) is 0 Å². The van der Waals surface area contributed by atoms with Crippen LogP contribution in [-0.4, -0.2) is 48.0 Å². The molecule has 0 saturated carbocycles. The van der Waals surface area contributed by atoms with Gasteiger partial charge in [-0.2, -0.15) is 0 Å². The second kappa shape index (κ2) is 9.19. The van der Waals surface area contributed by atoms with Gasteiger partial charge in [-0.3, -0.25) is 9.59 Å². The number of halogens is 1. The lowest BCUT2D eigenvalue weighted by Gasteiger charge is -2.33. The fourth-order valence-corrected chi connectivity index (χ4v) is 4.20. The number of amides is 2. The molecule has 30 heavy (non-hydrogen) atoms. The number of fused-ring (bicyclic) bond motifs is 1. The molecule has 1 saturated heterocycles. The Morgan fingerprint density at radius 2 is 2.07 bits per heavy atom. The van der Waals surface area contributed by atoms with Crippen LogP contribution in [0.2, 0.25) is 0 Å². The standard InChI is InChI=1S/C22H26FN5O2/c23-18-5-6-19-17(13-18)4-7-21(30)28(19)12-8-20(29)26-14-16-3-1-11-27(15-16)22-24-9-2-10-25-22/h2,5-6,9-10,13,16H,1,3-4,7-8,11-12,14-15H2,(H,26,29). The fraction of sp³-hybridized carbons (Fsp3) is 0.455. The van der Waals surface area contributed by atoms with Gasteiger partial charge in [-0.25, -0.2) is 14.4 Å². The quantitative estimate of drug-likeness (QED) is 0.789. The number of hydrogen-bond acceptors (Lipinski definition) is 5. The van der Waals surface area contributed by atoms with Crippen LogP contribution < -0.4 is 15.1 Å². The number of carbonyl (C=O) groups is 2. The number of aromatic nitrogens is 2.